The van der Waals surface area contributed by atoms with Crippen LogP contribution in [0.2, 0.25) is 0 Å². The van der Waals surface area contributed by atoms with Crippen LogP contribution in [0.25, 0.3) is 0 Å². The van der Waals surface area contributed by atoms with Crippen molar-refractivity contribution in [1.82, 2.24) is 15.1 Å². The highest BCUT2D eigenvalue weighted by molar-refractivity contribution is 5.77. The molecule has 2 heterocycles. The summed E-state index contributed by atoms with van der Waals surface area (Å²) < 4.78 is 0. The van der Waals surface area contributed by atoms with Crippen LogP contribution in [-0.4, -0.2) is 61.0 Å². The molecule has 2 atom stereocenters. The summed E-state index contributed by atoms with van der Waals surface area (Å²) in [5.41, 5.74) is 0. The van der Waals surface area contributed by atoms with Gasteiger partial charge in [-0.25, -0.2) is 0 Å². The lowest BCUT2D eigenvalue weighted by Crippen LogP contribution is -2.55. The predicted octanol–water partition coefficient (Wildman–Crippen LogP) is -0.0991. The first-order chi connectivity index (χ1) is 7.24. The third-order valence-electron chi connectivity index (χ3n) is 3.76. The summed E-state index contributed by atoms with van der Waals surface area (Å²) in [6, 6.07) is 1.22. The minimum Gasteiger partial charge on any atom is -0.358 e. The number of carbonyl (C=O) groups excluding carboxylic acids is 1. The summed E-state index contributed by atoms with van der Waals surface area (Å²) >= 11 is 0. The first kappa shape index (κ1) is 10.9. The van der Waals surface area contributed by atoms with Crippen molar-refractivity contribution in [2.75, 3.05) is 33.2 Å². The number of hydrogen-bond donors (Lipinski definition) is 1. The van der Waals surface area contributed by atoms with Gasteiger partial charge in [-0.15, -0.1) is 0 Å². The standard InChI is InChI=1S/C11H21N3O/c1-3-13-6-9-4-5-10(7-13)14(9)8-11(15)12-2/h9-10H,3-8H2,1-2H3,(H,12,15). The fourth-order valence-electron chi connectivity index (χ4n) is 2.84. The van der Waals surface area contributed by atoms with Crippen LogP contribution in [0.15, 0.2) is 0 Å². The lowest BCUT2D eigenvalue weighted by molar-refractivity contribution is -0.123. The van der Waals surface area contributed by atoms with Crippen LogP contribution in [0, 0.1) is 0 Å². The van der Waals surface area contributed by atoms with Crippen molar-refractivity contribution in [3.8, 4) is 0 Å². The van der Waals surface area contributed by atoms with E-state index in [-0.39, 0.29) is 5.91 Å². The number of piperazine rings is 1. The van der Waals surface area contributed by atoms with Gasteiger partial charge in [0.15, 0.2) is 0 Å². The highest BCUT2D eigenvalue weighted by Gasteiger charge is 2.39. The molecule has 2 fully saturated rings. The van der Waals surface area contributed by atoms with E-state index in [4.69, 9.17) is 0 Å². The highest BCUT2D eigenvalue weighted by Crippen LogP contribution is 2.29. The maximum Gasteiger partial charge on any atom is 0.233 e. The van der Waals surface area contributed by atoms with Gasteiger partial charge in [0.1, 0.15) is 0 Å². The number of nitrogens with zero attached hydrogens (tertiary/aromatic N) is 2. The molecule has 1 N–H and O–H groups in total. The number of amides is 1. The Bertz CT molecular complexity index is 230. The Balaban J connectivity index is 1.95. The van der Waals surface area contributed by atoms with Gasteiger partial charge >= 0.3 is 0 Å². The third-order valence-corrected chi connectivity index (χ3v) is 3.76. The van der Waals surface area contributed by atoms with Gasteiger partial charge < -0.3 is 10.2 Å². The Labute approximate surface area is 91.6 Å². The Hall–Kier alpha value is -0.610. The zero-order chi connectivity index (χ0) is 10.8. The van der Waals surface area contributed by atoms with E-state index in [1.807, 2.05) is 0 Å². The van der Waals surface area contributed by atoms with Crippen LogP contribution < -0.4 is 5.32 Å². The van der Waals surface area contributed by atoms with E-state index in [9.17, 15) is 4.79 Å². The van der Waals surface area contributed by atoms with Gasteiger partial charge in [0.05, 0.1) is 6.54 Å². The largest absolute Gasteiger partial charge is 0.358 e. The summed E-state index contributed by atoms with van der Waals surface area (Å²) in [6.07, 6.45) is 2.52. The van der Waals surface area contributed by atoms with Crippen LogP contribution in [0.5, 0.6) is 0 Å². The SMILES string of the molecule is CCN1CC2CCC(C1)N2CC(=O)NC. The minimum atomic E-state index is 0.150. The number of fused-ring (bicyclic) bond motifs is 2. The first-order valence-electron chi connectivity index (χ1n) is 5.93. The van der Waals surface area contributed by atoms with Crippen LogP contribution in [-0.2, 0) is 4.79 Å². The molecule has 0 radical (unpaired) electrons. The monoisotopic (exact) mass is 211 g/mol. The summed E-state index contributed by atoms with van der Waals surface area (Å²) in [5.74, 6) is 0.150. The quantitative estimate of drug-likeness (QED) is 0.708. The molecule has 0 aromatic rings. The van der Waals surface area contributed by atoms with Crippen LogP contribution in [0.1, 0.15) is 19.8 Å². The lowest BCUT2D eigenvalue weighted by atomic mass is 10.2. The van der Waals surface area contributed by atoms with E-state index in [0.29, 0.717) is 18.6 Å². The van der Waals surface area contributed by atoms with Gasteiger partial charge in [0, 0.05) is 32.2 Å². The van der Waals surface area contributed by atoms with Gasteiger partial charge in [0.2, 0.25) is 5.91 Å². The molecule has 1 amide bonds. The minimum absolute atomic E-state index is 0.150. The van der Waals surface area contributed by atoms with E-state index < -0.39 is 0 Å². The molecule has 4 heteroatoms. The summed E-state index contributed by atoms with van der Waals surface area (Å²) in [4.78, 5) is 16.3. The van der Waals surface area contributed by atoms with Crippen molar-refractivity contribution in [3.63, 3.8) is 0 Å². The zero-order valence-corrected chi connectivity index (χ0v) is 9.70. The molecule has 2 aliphatic rings. The van der Waals surface area contributed by atoms with Gasteiger partial charge in [-0.05, 0) is 19.4 Å². The fourth-order valence-corrected chi connectivity index (χ4v) is 2.84. The van der Waals surface area contributed by atoms with Crippen LogP contribution in [0.4, 0.5) is 0 Å². The molecule has 2 saturated heterocycles. The molecule has 15 heavy (non-hydrogen) atoms. The molecule has 0 spiro atoms. The molecule has 86 valence electrons. The van der Waals surface area contributed by atoms with E-state index in [2.05, 4.69) is 22.0 Å². The molecule has 0 aliphatic carbocycles. The van der Waals surface area contributed by atoms with Crippen LogP contribution in [0.3, 0.4) is 0 Å². The summed E-state index contributed by atoms with van der Waals surface area (Å²) in [6.45, 7) is 6.23. The van der Waals surface area contributed by atoms with Crippen molar-refractivity contribution in [2.24, 2.45) is 0 Å². The van der Waals surface area contributed by atoms with E-state index in [1.54, 1.807) is 7.05 Å². The number of hydrogen-bond acceptors (Lipinski definition) is 3. The normalized spacial score (nSPS) is 31.9. The van der Waals surface area contributed by atoms with Crippen molar-refractivity contribution >= 4 is 5.91 Å². The Morgan fingerprint density at radius 1 is 1.33 bits per heavy atom. The van der Waals surface area contributed by atoms with Crippen molar-refractivity contribution in [2.45, 2.75) is 31.8 Å². The van der Waals surface area contributed by atoms with E-state index >= 15 is 0 Å². The second-order valence-electron chi connectivity index (χ2n) is 4.58. The van der Waals surface area contributed by atoms with E-state index in [0.717, 1.165) is 19.6 Å². The van der Waals surface area contributed by atoms with E-state index in [1.165, 1.54) is 12.8 Å². The van der Waals surface area contributed by atoms with Gasteiger partial charge in [0.25, 0.3) is 0 Å². The van der Waals surface area contributed by atoms with Gasteiger partial charge in [-0.2, -0.15) is 0 Å². The molecular formula is C11H21N3O. The van der Waals surface area contributed by atoms with Crippen LogP contribution >= 0.6 is 0 Å². The predicted molar refractivity (Wildman–Crippen MR) is 59.7 cm³/mol. The van der Waals surface area contributed by atoms with Gasteiger partial charge in [-0.3, -0.25) is 9.69 Å². The van der Waals surface area contributed by atoms with Crippen molar-refractivity contribution in [1.29, 1.82) is 0 Å². The topological polar surface area (TPSA) is 35.6 Å². The van der Waals surface area contributed by atoms with Gasteiger partial charge in [-0.1, -0.05) is 6.92 Å². The molecular weight excluding hydrogens is 190 g/mol. The molecule has 0 aromatic heterocycles. The second kappa shape index (κ2) is 4.49. The highest BCUT2D eigenvalue weighted by atomic mass is 16.1. The molecule has 2 rings (SSSR count). The molecule has 2 unspecified atom stereocenters. The number of likely N-dealkylation sites (tertiary alicyclic amines) is 1. The molecule has 2 bridgehead atoms. The maximum absolute atomic E-state index is 11.4. The fraction of sp³-hybridized carbons (Fsp3) is 0.909. The number of rotatable bonds is 3. The zero-order valence-electron chi connectivity index (χ0n) is 9.70. The smallest absolute Gasteiger partial charge is 0.233 e. The number of likely N-dealkylation sites (N-methyl/N-ethyl adjacent to an activating group) is 2. The maximum atomic E-state index is 11.4. The summed E-state index contributed by atoms with van der Waals surface area (Å²) in [5, 5.41) is 2.71. The third kappa shape index (κ3) is 2.16. The average molecular weight is 211 g/mol. The molecule has 0 saturated carbocycles. The molecule has 2 aliphatic heterocycles. The molecule has 0 aromatic carbocycles. The second-order valence-corrected chi connectivity index (χ2v) is 4.58. The summed E-state index contributed by atoms with van der Waals surface area (Å²) in [7, 11) is 1.71. The first-order valence-corrected chi connectivity index (χ1v) is 5.93. The lowest BCUT2D eigenvalue weighted by Gasteiger charge is -2.40. The number of nitrogens with one attached hydrogen (secondary N) is 1. The molecule has 4 nitrogen and oxygen atoms in total. The Morgan fingerprint density at radius 2 is 1.93 bits per heavy atom. The Kier molecular flexibility index (Phi) is 3.26. The number of carbonyl (C=O) groups is 1. The average Bonchev–Trinajstić information content (AvgIpc) is 2.51. The Morgan fingerprint density at radius 3 is 2.40 bits per heavy atom. The van der Waals surface area contributed by atoms with Crippen molar-refractivity contribution < 1.29 is 4.79 Å². The van der Waals surface area contributed by atoms with Crippen molar-refractivity contribution in [3.05, 3.63) is 0 Å².